The molecule has 5 nitrogen and oxygen atoms in total. The molecule has 6 heteroatoms. The number of hydrogen-bond donors (Lipinski definition) is 0. The summed E-state index contributed by atoms with van der Waals surface area (Å²) in [6, 6.07) is 1.19. The molecule has 1 aromatic rings. The summed E-state index contributed by atoms with van der Waals surface area (Å²) in [7, 11) is 3.89. The van der Waals surface area contributed by atoms with Gasteiger partial charge in [-0.1, -0.05) is 17.8 Å². The number of ether oxygens (including phenoxy) is 1. The van der Waals surface area contributed by atoms with E-state index in [1.165, 1.54) is 32.1 Å². The molecule has 3 fully saturated rings. The van der Waals surface area contributed by atoms with Crippen LogP contribution in [0.2, 0.25) is 0 Å². The van der Waals surface area contributed by atoms with E-state index in [0.29, 0.717) is 41.0 Å². The van der Waals surface area contributed by atoms with Crippen molar-refractivity contribution in [1.82, 2.24) is 15.0 Å². The van der Waals surface area contributed by atoms with Crippen LogP contribution in [0.5, 0.6) is 0 Å². The third-order valence-corrected chi connectivity index (χ3v) is 7.75. The second-order valence-corrected chi connectivity index (χ2v) is 9.37. The Bertz CT molecular complexity index is 766. The van der Waals surface area contributed by atoms with Crippen molar-refractivity contribution in [2.75, 3.05) is 14.2 Å². The third-order valence-electron chi connectivity index (χ3n) is 7.32. The summed E-state index contributed by atoms with van der Waals surface area (Å²) in [6.07, 6.45) is 15.5. The van der Waals surface area contributed by atoms with Gasteiger partial charge in [0.2, 0.25) is 11.7 Å². The van der Waals surface area contributed by atoms with Crippen LogP contribution in [0.1, 0.15) is 62.6 Å². The van der Waals surface area contributed by atoms with Crippen LogP contribution in [-0.4, -0.2) is 46.7 Å². The summed E-state index contributed by atoms with van der Waals surface area (Å²) in [4.78, 5) is 7.41. The predicted octanol–water partition coefficient (Wildman–Crippen LogP) is 5.16. The topological polar surface area (TPSA) is 51.4 Å². The third kappa shape index (κ3) is 4.17. The lowest BCUT2D eigenvalue weighted by atomic mass is 9.68. The number of allylic oxidation sites excluding steroid dienone is 4. The van der Waals surface area contributed by atoms with Crippen LogP contribution in [0, 0.1) is 11.8 Å². The monoisotopic (exact) mass is 417 g/mol. The first-order valence-electron chi connectivity index (χ1n) is 10.8. The molecule has 2 unspecified atom stereocenters. The molecule has 2 bridgehead atoms. The molecule has 2 saturated heterocycles. The van der Waals surface area contributed by atoms with Crippen molar-refractivity contribution in [3.8, 4) is 0 Å². The van der Waals surface area contributed by atoms with Crippen molar-refractivity contribution < 1.29 is 9.26 Å². The number of fused-ring (bicyclic) bond motifs is 2. The number of likely N-dealkylation sites (N-methyl/N-ethyl adjacent to an activating group) is 1. The molecule has 1 saturated carbocycles. The Balaban J connectivity index is 1.61. The van der Waals surface area contributed by atoms with E-state index in [1.54, 1.807) is 19.4 Å². The molecule has 0 N–H and O–H groups in total. The van der Waals surface area contributed by atoms with Gasteiger partial charge in [-0.3, -0.25) is 4.90 Å². The van der Waals surface area contributed by atoms with Gasteiger partial charge < -0.3 is 9.26 Å². The number of methoxy groups -OCH3 is 1. The molecule has 4 atom stereocenters. The average Bonchev–Trinajstić information content (AvgIpc) is 3.28. The maximum absolute atomic E-state index is 6.39. The molecule has 0 spiro atoms. The van der Waals surface area contributed by atoms with Gasteiger partial charge in [-0.05, 0) is 76.0 Å². The van der Waals surface area contributed by atoms with Crippen molar-refractivity contribution in [3.63, 3.8) is 0 Å². The van der Waals surface area contributed by atoms with E-state index in [2.05, 4.69) is 23.7 Å². The molecule has 1 aliphatic carbocycles. The van der Waals surface area contributed by atoms with Gasteiger partial charge >= 0.3 is 0 Å². The fourth-order valence-corrected chi connectivity index (χ4v) is 6.04. The maximum atomic E-state index is 6.39. The largest absolute Gasteiger partial charge is 0.504 e. The van der Waals surface area contributed by atoms with E-state index in [4.69, 9.17) is 25.8 Å². The Labute approximate surface area is 178 Å². The highest BCUT2D eigenvalue weighted by atomic mass is 35.5. The number of rotatable bonds is 6. The first kappa shape index (κ1) is 20.7. The van der Waals surface area contributed by atoms with Crippen molar-refractivity contribution in [1.29, 1.82) is 0 Å². The summed E-state index contributed by atoms with van der Waals surface area (Å²) >= 11 is 6.39. The second kappa shape index (κ2) is 9.05. The highest BCUT2D eigenvalue weighted by molar-refractivity contribution is 6.20. The van der Waals surface area contributed by atoms with E-state index in [0.717, 1.165) is 24.3 Å². The quantitative estimate of drug-likeness (QED) is 0.363. The Morgan fingerprint density at radius 3 is 2.76 bits per heavy atom. The van der Waals surface area contributed by atoms with E-state index < -0.39 is 0 Å². The van der Waals surface area contributed by atoms with Crippen LogP contribution < -0.4 is 0 Å². The van der Waals surface area contributed by atoms with Crippen molar-refractivity contribution in [2.45, 2.75) is 68.3 Å². The van der Waals surface area contributed by atoms with Gasteiger partial charge in [0.05, 0.1) is 19.3 Å². The SMILES string of the molecule is C=C/C(=C\C=C\OC)c1noc(C2C3CC[C@H](C[C@@H]2C2CCC(Cl)CC2)N3C)n1. The van der Waals surface area contributed by atoms with Gasteiger partial charge in [-0.25, -0.2) is 0 Å². The van der Waals surface area contributed by atoms with Gasteiger partial charge in [0.15, 0.2) is 0 Å². The normalized spacial score (nSPS) is 35.9. The van der Waals surface area contributed by atoms with E-state index >= 15 is 0 Å². The minimum Gasteiger partial charge on any atom is -0.504 e. The minimum atomic E-state index is 0.303. The average molecular weight is 418 g/mol. The fourth-order valence-electron chi connectivity index (χ4n) is 5.79. The standard InChI is InChI=1S/C23H32ClN3O2/c1-4-15(6-5-13-28-3)22-25-23(29-26-22)21-19(16-7-9-17(24)10-8-16)14-18-11-12-20(21)27(18)2/h4-6,13,16-21H,1,7-12,14H2,2-3H3/b13-5+,15-6+/t16?,17?,18-,19-,20?,21?/m1/s1. The summed E-state index contributed by atoms with van der Waals surface area (Å²) in [6.45, 7) is 3.90. The van der Waals surface area contributed by atoms with Gasteiger partial charge in [0, 0.05) is 23.0 Å². The summed E-state index contributed by atoms with van der Waals surface area (Å²) in [5, 5.41) is 4.65. The van der Waals surface area contributed by atoms with Gasteiger partial charge in [0.1, 0.15) is 0 Å². The van der Waals surface area contributed by atoms with Gasteiger partial charge in [0.25, 0.3) is 0 Å². The maximum Gasteiger partial charge on any atom is 0.231 e. The Morgan fingerprint density at radius 2 is 2.03 bits per heavy atom. The highest BCUT2D eigenvalue weighted by Crippen LogP contribution is 2.51. The van der Waals surface area contributed by atoms with Crippen molar-refractivity contribution >= 4 is 17.2 Å². The number of hydrogen-bond acceptors (Lipinski definition) is 5. The number of halogens is 1. The molecule has 3 aliphatic rings. The zero-order valence-corrected chi connectivity index (χ0v) is 18.2. The summed E-state index contributed by atoms with van der Waals surface area (Å²) in [5.41, 5.74) is 0.834. The van der Waals surface area contributed by atoms with Crippen LogP contribution in [0.4, 0.5) is 0 Å². The molecular weight excluding hydrogens is 386 g/mol. The number of aromatic nitrogens is 2. The lowest BCUT2D eigenvalue weighted by molar-refractivity contribution is 0.0497. The van der Waals surface area contributed by atoms with Crippen molar-refractivity contribution in [2.24, 2.45) is 11.8 Å². The van der Waals surface area contributed by atoms with Crippen LogP contribution in [-0.2, 0) is 4.74 Å². The first-order chi connectivity index (χ1) is 14.1. The first-order valence-corrected chi connectivity index (χ1v) is 11.3. The Morgan fingerprint density at radius 1 is 1.24 bits per heavy atom. The van der Waals surface area contributed by atoms with E-state index in [1.807, 2.05) is 12.2 Å². The Hall–Kier alpha value is -1.59. The second-order valence-electron chi connectivity index (χ2n) is 8.75. The van der Waals surface area contributed by atoms with Crippen molar-refractivity contribution in [3.05, 3.63) is 42.8 Å². The molecular formula is C23H32ClN3O2. The Kier molecular flexibility index (Phi) is 6.45. The van der Waals surface area contributed by atoms with Crippen LogP contribution in [0.15, 0.2) is 35.6 Å². The highest BCUT2D eigenvalue weighted by Gasteiger charge is 2.50. The van der Waals surface area contributed by atoms with Crippen LogP contribution >= 0.6 is 11.6 Å². The number of piperidine rings is 1. The number of alkyl halides is 1. The zero-order valence-electron chi connectivity index (χ0n) is 17.5. The molecule has 4 rings (SSSR count). The molecule has 0 radical (unpaired) electrons. The molecule has 158 valence electrons. The fraction of sp³-hybridized carbons (Fsp3) is 0.652. The smallest absolute Gasteiger partial charge is 0.231 e. The molecule has 29 heavy (non-hydrogen) atoms. The van der Waals surface area contributed by atoms with Crippen LogP contribution in [0.25, 0.3) is 5.57 Å². The van der Waals surface area contributed by atoms with E-state index in [-0.39, 0.29) is 0 Å². The van der Waals surface area contributed by atoms with Gasteiger partial charge in [-0.15, -0.1) is 11.6 Å². The number of nitrogens with zero attached hydrogens (tertiary/aromatic N) is 3. The lowest BCUT2D eigenvalue weighted by Gasteiger charge is -2.45. The van der Waals surface area contributed by atoms with Gasteiger partial charge in [-0.2, -0.15) is 4.98 Å². The minimum absolute atomic E-state index is 0.303. The molecule has 0 amide bonds. The predicted molar refractivity (Wildman–Crippen MR) is 116 cm³/mol. The summed E-state index contributed by atoms with van der Waals surface area (Å²) < 4.78 is 10.8. The molecule has 2 aliphatic heterocycles. The lowest BCUT2D eigenvalue weighted by Crippen LogP contribution is -2.47. The molecule has 3 heterocycles. The van der Waals surface area contributed by atoms with Crippen LogP contribution in [0.3, 0.4) is 0 Å². The molecule has 0 aromatic carbocycles. The zero-order chi connectivity index (χ0) is 20.4. The van der Waals surface area contributed by atoms with E-state index in [9.17, 15) is 0 Å². The summed E-state index contributed by atoms with van der Waals surface area (Å²) in [5.74, 6) is 3.00. The molecule has 1 aromatic heterocycles.